The molecule has 0 bridgehead atoms. The van der Waals surface area contributed by atoms with Crippen LogP contribution in [0.4, 0.5) is 0 Å². The molecular weight excluding hydrogens is 154 g/mol. The van der Waals surface area contributed by atoms with Gasteiger partial charge in [0.15, 0.2) is 0 Å². The molecule has 1 saturated heterocycles. The quantitative estimate of drug-likeness (QED) is 0.701. The molecule has 1 rings (SSSR count). The fraction of sp³-hybridized carbons (Fsp3) is 1.00. The number of rotatable bonds is 4. The summed E-state index contributed by atoms with van der Waals surface area (Å²) in [5.74, 6) is 1.31. The first-order chi connectivity index (χ1) is 5.33. The van der Waals surface area contributed by atoms with Crippen LogP contribution in [0.15, 0.2) is 0 Å². The Morgan fingerprint density at radius 2 is 1.91 bits per heavy atom. The van der Waals surface area contributed by atoms with Crippen LogP contribution in [0.1, 0.15) is 39.5 Å². The predicted molar refractivity (Wildman–Crippen MR) is 53.0 cm³/mol. The predicted octanol–water partition coefficient (Wildman–Crippen LogP) is 2.62. The monoisotopic (exact) mass is 173 g/mol. The summed E-state index contributed by atoms with van der Waals surface area (Å²) < 4.78 is 0. The third-order valence-corrected chi connectivity index (χ3v) is 3.75. The minimum Gasteiger partial charge on any atom is -0.302 e. The van der Waals surface area contributed by atoms with Crippen LogP contribution < -0.4 is 5.32 Å². The highest BCUT2D eigenvalue weighted by molar-refractivity contribution is 8.00. The molecule has 0 saturated carbocycles. The third-order valence-electron chi connectivity index (χ3n) is 2.24. The second kappa shape index (κ2) is 4.36. The van der Waals surface area contributed by atoms with Crippen molar-refractivity contribution in [3.63, 3.8) is 0 Å². The van der Waals surface area contributed by atoms with Gasteiger partial charge in [-0.25, -0.2) is 0 Å². The Labute approximate surface area is 74.3 Å². The highest BCUT2D eigenvalue weighted by Gasteiger charge is 2.31. The summed E-state index contributed by atoms with van der Waals surface area (Å²) in [6.07, 6.45) is 5.29. The zero-order valence-corrected chi connectivity index (χ0v) is 8.47. The molecule has 1 aliphatic rings. The number of thioether (sulfide) groups is 1. The molecule has 1 nitrogen and oxygen atoms in total. The van der Waals surface area contributed by atoms with Gasteiger partial charge in [0.2, 0.25) is 0 Å². The Bertz CT molecular complexity index is 100. The Kier molecular flexibility index (Phi) is 3.73. The molecule has 1 N–H and O–H groups in total. The zero-order valence-electron chi connectivity index (χ0n) is 7.65. The summed E-state index contributed by atoms with van der Waals surface area (Å²) in [5.41, 5.74) is 0. The molecule has 0 aliphatic carbocycles. The summed E-state index contributed by atoms with van der Waals surface area (Å²) >= 11 is 2.13. The highest BCUT2D eigenvalue weighted by atomic mass is 32.2. The van der Waals surface area contributed by atoms with Crippen LogP contribution in [0.3, 0.4) is 0 Å². The van der Waals surface area contributed by atoms with Crippen molar-refractivity contribution in [3.8, 4) is 0 Å². The maximum atomic E-state index is 3.63. The van der Waals surface area contributed by atoms with Crippen LogP contribution >= 0.6 is 11.8 Å². The Balaban J connectivity index is 2.40. The van der Waals surface area contributed by atoms with Crippen LogP contribution in [-0.2, 0) is 0 Å². The first-order valence-corrected chi connectivity index (χ1v) is 5.70. The molecule has 0 unspecified atom stereocenters. The molecule has 1 fully saturated rings. The van der Waals surface area contributed by atoms with E-state index in [0.29, 0.717) is 4.87 Å². The van der Waals surface area contributed by atoms with Gasteiger partial charge in [0.05, 0.1) is 4.87 Å². The van der Waals surface area contributed by atoms with E-state index in [4.69, 9.17) is 0 Å². The summed E-state index contributed by atoms with van der Waals surface area (Å²) in [4.78, 5) is 0.462. The third kappa shape index (κ3) is 2.38. The van der Waals surface area contributed by atoms with E-state index in [9.17, 15) is 0 Å². The van der Waals surface area contributed by atoms with E-state index in [1.807, 2.05) is 0 Å². The smallest absolute Gasteiger partial charge is 0.0645 e. The van der Waals surface area contributed by atoms with E-state index in [2.05, 4.69) is 30.9 Å². The molecule has 0 radical (unpaired) electrons. The maximum Gasteiger partial charge on any atom is 0.0645 e. The highest BCUT2D eigenvalue weighted by Crippen LogP contribution is 2.35. The molecule has 1 aliphatic heterocycles. The molecular formula is C9H19NS. The Hall–Kier alpha value is 0.310. The summed E-state index contributed by atoms with van der Waals surface area (Å²) in [6, 6.07) is 0. The van der Waals surface area contributed by atoms with Crippen LogP contribution in [0.5, 0.6) is 0 Å². The number of hydrogen-bond donors (Lipinski definition) is 1. The maximum absolute atomic E-state index is 3.63. The molecule has 0 aromatic carbocycles. The van der Waals surface area contributed by atoms with E-state index in [1.165, 1.54) is 38.0 Å². The molecule has 1 heterocycles. The molecule has 0 amide bonds. The van der Waals surface area contributed by atoms with Crippen molar-refractivity contribution in [1.29, 1.82) is 0 Å². The summed E-state index contributed by atoms with van der Waals surface area (Å²) in [7, 11) is 0. The first-order valence-electron chi connectivity index (χ1n) is 4.72. The summed E-state index contributed by atoms with van der Waals surface area (Å²) in [5, 5.41) is 3.63. The Morgan fingerprint density at radius 1 is 1.27 bits per heavy atom. The normalized spacial score (nSPS) is 22.4. The van der Waals surface area contributed by atoms with E-state index in [-0.39, 0.29) is 0 Å². The topological polar surface area (TPSA) is 12.0 Å². The molecule has 11 heavy (non-hydrogen) atoms. The standard InChI is InChI=1S/C9H19NS/c1-3-5-9(6-4-2)10-7-8-11-9/h10H,3-8H2,1-2H3. The van der Waals surface area contributed by atoms with Crippen molar-refractivity contribution in [2.75, 3.05) is 12.3 Å². The van der Waals surface area contributed by atoms with Crippen molar-refractivity contribution < 1.29 is 0 Å². The molecule has 0 aromatic rings. The van der Waals surface area contributed by atoms with Crippen molar-refractivity contribution in [2.24, 2.45) is 0 Å². The lowest BCUT2D eigenvalue weighted by molar-refractivity contribution is 0.429. The van der Waals surface area contributed by atoms with Gasteiger partial charge >= 0.3 is 0 Å². The fourth-order valence-electron chi connectivity index (χ4n) is 1.83. The average Bonchev–Trinajstić information content (AvgIpc) is 2.39. The lowest BCUT2D eigenvalue weighted by atomic mass is 10.1. The molecule has 0 spiro atoms. The van der Waals surface area contributed by atoms with Crippen LogP contribution in [0.25, 0.3) is 0 Å². The van der Waals surface area contributed by atoms with Gasteiger partial charge in [-0.2, -0.15) is 0 Å². The average molecular weight is 173 g/mol. The van der Waals surface area contributed by atoms with Gasteiger partial charge in [0.1, 0.15) is 0 Å². The fourth-order valence-corrected chi connectivity index (χ4v) is 3.33. The van der Waals surface area contributed by atoms with Gasteiger partial charge in [-0.1, -0.05) is 26.7 Å². The summed E-state index contributed by atoms with van der Waals surface area (Å²) in [6.45, 7) is 5.76. The van der Waals surface area contributed by atoms with Gasteiger partial charge in [0, 0.05) is 12.3 Å². The van der Waals surface area contributed by atoms with E-state index < -0.39 is 0 Å². The first kappa shape index (κ1) is 9.40. The van der Waals surface area contributed by atoms with Crippen molar-refractivity contribution in [1.82, 2.24) is 5.32 Å². The lowest BCUT2D eigenvalue weighted by Gasteiger charge is -2.27. The van der Waals surface area contributed by atoms with Crippen molar-refractivity contribution >= 4 is 11.8 Å². The molecule has 66 valence electrons. The van der Waals surface area contributed by atoms with Gasteiger partial charge in [-0.3, -0.25) is 0 Å². The molecule has 0 atom stereocenters. The van der Waals surface area contributed by atoms with Crippen LogP contribution in [0.2, 0.25) is 0 Å². The minimum atomic E-state index is 0.462. The second-order valence-corrected chi connectivity index (χ2v) is 4.75. The van der Waals surface area contributed by atoms with Gasteiger partial charge < -0.3 is 5.32 Å². The van der Waals surface area contributed by atoms with E-state index in [0.717, 1.165) is 0 Å². The Morgan fingerprint density at radius 3 is 2.27 bits per heavy atom. The van der Waals surface area contributed by atoms with Gasteiger partial charge in [-0.15, -0.1) is 11.8 Å². The number of nitrogens with one attached hydrogen (secondary N) is 1. The minimum absolute atomic E-state index is 0.462. The SMILES string of the molecule is CCCC1(CCC)NCCS1. The van der Waals surface area contributed by atoms with Gasteiger partial charge in [-0.05, 0) is 12.8 Å². The number of hydrogen-bond acceptors (Lipinski definition) is 2. The van der Waals surface area contributed by atoms with Crippen molar-refractivity contribution in [3.05, 3.63) is 0 Å². The van der Waals surface area contributed by atoms with Gasteiger partial charge in [0.25, 0.3) is 0 Å². The second-order valence-electron chi connectivity index (χ2n) is 3.27. The largest absolute Gasteiger partial charge is 0.302 e. The van der Waals surface area contributed by atoms with E-state index >= 15 is 0 Å². The molecule has 0 aromatic heterocycles. The zero-order chi connectivity index (χ0) is 8.16. The molecule has 2 heteroatoms. The van der Waals surface area contributed by atoms with Crippen LogP contribution in [-0.4, -0.2) is 17.2 Å². The lowest BCUT2D eigenvalue weighted by Crippen LogP contribution is -2.36. The van der Waals surface area contributed by atoms with Crippen LogP contribution in [0, 0.1) is 0 Å². The van der Waals surface area contributed by atoms with Crippen molar-refractivity contribution in [2.45, 2.75) is 44.4 Å². The van der Waals surface area contributed by atoms with E-state index in [1.54, 1.807) is 0 Å².